The molecule has 1 atom stereocenters. The van der Waals surface area contributed by atoms with Gasteiger partial charge in [0.1, 0.15) is 0 Å². The molecule has 126 valence electrons. The first-order valence-electron chi connectivity index (χ1n) is 8.59. The number of hydrogen-bond acceptors (Lipinski definition) is 4. The lowest BCUT2D eigenvalue weighted by Crippen LogP contribution is -2.31. The number of carbonyl (C=O) groups is 1. The van der Waals surface area contributed by atoms with Crippen LogP contribution in [-0.4, -0.2) is 35.4 Å². The number of pyridine rings is 1. The van der Waals surface area contributed by atoms with Gasteiger partial charge in [-0.25, -0.2) is 0 Å². The maximum Gasteiger partial charge on any atom is 0.227 e. The number of nitriles is 1. The number of benzene rings is 1. The van der Waals surface area contributed by atoms with Gasteiger partial charge in [0.05, 0.1) is 11.6 Å². The molecule has 5 nitrogen and oxygen atoms in total. The second kappa shape index (κ2) is 6.30. The van der Waals surface area contributed by atoms with Crippen molar-refractivity contribution in [3.05, 3.63) is 59.9 Å². The third-order valence-electron chi connectivity index (χ3n) is 5.28. The highest BCUT2D eigenvalue weighted by Gasteiger charge is 2.47. The number of likely N-dealkylation sites (tertiary alicyclic amines) is 1. The van der Waals surface area contributed by atoms with Crippen LogP contribution in [0.4, 0.5) is 5.69 Å². The van der Waals surface area contributed by atoms with E-state index in [0.717, 1.165) is 38.3 Å². The quantitative estimate of drug-likeness (QED) is 0.867. The summed E-state index contributed by atoms with van der Waals surface area (Å²) in [6.07, 6.45) is 5.36. The molecule has 2 aliphatic heterocycles. The van der Waals surface area contributed by atoms with Gasteiger partial charge in [-0.2, -0.15) is 5.26 Å². The fourth-order valence-corrected chi connectivity index (χ4v) is 4.03. The van der Waals surface area contributed by atoms with Crippen molar-refractivity contribution in [2.75, 3.05) is 24.5 Å². The molecular formula is C20H20N4O. The lowest BCUT2D eigenvalue weighted by molar-refractivity contribution is -0.117. The summed E-state index contributed by atoms with van der Waals surface area (Å²) in [6, 6.07) is 13.5. The zero-order valence-corrected chi connectivity index (χ0v) is 14.1. The molecule has 1 spiro atoms. The molecule has 0 radical (unpaired) electrons. The zero-order chi connectivity index (χ0) is 17.3. The highest BCUT2D eigenvalue weighted by Crippen LogP contribution is 2.42. The van der Waals surface area contributed by atoms with Gasteiger partial charge >= 0.3 is 0 Å². The van der Waals surface area contributed by atoms with Gasteiger partial charge < -0.3 is 4.90 Å². The normalized spacial score (nSPS) is 23.3. The molecule has 25 heavy (non-hydrogen) atoms. The van der Waals surface area contributed by atoms with E-state index in [1.807, 2.05) is 29.3 Å². The lowest BCUT2D eigenvalue weighted by atomic mass is 9.86. The van der Waals surface area contributed by atoms with Crippen LogP contribution in [0.3, 0.4) is 0 Å². The van der Waals surface area contributed by atoms with Gasteiger partial charge in [-0.05, 0) is 48.9 Å². The summed E-state index contributed by atoms with van der Waals surface area (Å²) < 4.78 is 0. The number of nitrogens with zero attached hydrogens (tertiary/aromatic N) is 4. The number of anilines is 1. The average Bonchev–Trinajstić information content (AvgIpc) is 3.18. The highest BCUT2D eigenvalue weighted by atomic mass is 16.2. The standard InChI is InChI=1S/C20H20N4O/c21-11-16-3-5-18(6-4-16)24-15-20(10-19(24)25)7-9-23(14-20)13-17-2-1-8-22-12-17/h1-6,8,12H,7,9-10,13-15H2/t20-/m0/s1. The Morgan fingerprint density at radius 3 is 2.76 bits per heavy atom. The van der Waals surface area contributed by atoms with E-state index in [4.69, 9.17) is 5.26 Å². The highest BCUT2D eigenvalue weighted by molar-refractivity contribution is 5.96. The Morgan fingerprint density at radius 1 is 1.20 bits per heavy atom. The van der Waals surface area contributed by atoms with Crippen molar-refractivity contribution in [3.63, 3.8) is 0 Å². The van der Waals surface area contributed by atoms with E-state index >= 15 is 0 Å². The molecule has 1 amide bonds. The number of hydrogen-bond donors (Lipinski definition) is 0. The Kier molecular flexibility index (Phi) is 3.98. The van der Waals surface area contributed by atoms with E-state index in [-0.39, 0.29) is 11.3 Å². The number of rotatable bonds is 3. The topological polar surface area (TPSA) is 60.2 Å². The molecule has 0 unspecified atom stereocenters. The molecule has 0 bridgehead atoms. The molecule has 2 saturated heterocycles. The van der Waals surface area contributed by atoms with Crippen molar-refractivity contribution in [2.24, 2.45) is 5.41 Å². The second-order valence-corrected chi connectivity index (χ2v) is 7.14. The summed E-state index contributed by atoms with van der Waals surface area (Å²) in [7, 11) is 0. The average molecular weight is 332 g/mol. The smallest absolute Gasteiger partial charge is 0.227 e. The van der Waals surface area contributed by atoms with E-state index in [9.17, 15) is 4.79 Å². The Labute approximate surface area is 147 Å². The molecule has 3 heterocycles. The molecule has 0 N–H and O–H groups in total. The Balaban J connectivity index is 1.45. The largest absolute Gasteiger partial charge is 0.312 e. The Hall–Kier alpha value is -2.71. The number of aromatic nitrogens is 1. The van der Waals surface area contributed by atoms with Gasteiger partial charge in [-0.3, -0.25) is 14.7 Å². The van der Waals surface area contributed by atoms with Crippen LogP contribution in [0.25, 0.3) is 0 Å². The van der Waals surface area contributed by atoms with Crippen LogP contribution < -0.4 is 4.90 Å². The van der Waals surface area contributed by atoms with Crippen LogP contribution >= 0.6 is 0 Å². The van der Waals surface area contributed by atoms with Crippen molar-refractivity contribution in [1.29, 1.82) is 5.26 Å². The SMILES string of the molecule is N#Cc1ccc(N2C[C@@]3(CCN(Cc4cccnc4)C3)CC2=O)cc1. The van der Waals surface area contributed by atoms with Gasteiger partial charge in [0.15, 0.2) is 0 Å². The fourth-order valence-electron chi connectivity index (χ4n) is 4.03. The molecule has 5 heteroatoms. The molecule has 0 saturated carbocycles. The summed E-state index contributed by atoms with van der Waals surface area (Å²) in [5.74, 6) is 0.188. The summed E-state index contributed by atoms with van der Waals surface area (Å²) in [5.41, 5.74) is 2.78. The first-order chi connectivity index (χ1) is 12.2. The third kappa shape index (κ3) is 3.13. The van der Waals surface area contributed by atoms with Crippen molar-refractivity contribution in [3.8, 4) is 6.07 Å². The van der Waals surface area contributed by atoms with E-state index in [1.165, 1.54) is 5.56 Å². The number of amides is 1. The van der Waals surface area contributed by atoms with E-state index < -0.39 is 0 Å². The van der Waals surface area contributed by atoms with Crippen molar-refractivity contribution in [1.82, 2.24) is 9.88 Å². The molecule has 4 rings (SSSR count). The summed E-state index contributed by atoms with van der Waals surface area (Å²) in [4.78, 5) is 21.1. The molecule has 2 fully saturated rings. The predicted molar refractivity (Wildman–Crippen MR) is 94.7 cm³/mol. The molecule has 2 aliphatic rings. The minimum Gasteiger partial charge on any atom is -0.312 e. The van der Waals surface area contributed by atoms with Gasteiger partial charge in [0, 0.05) is 49.6 Å². The third-order valence-corrected chi connectivity index (χ3v) is 5.28. The first-order valence-corrected chi connectivity index (χ1v) is 8.59. The maximum absolute atomic E-state index is 12.6. The van der Waals surface area contributed by atoms with Crippen molar-refractivity contribution >= 4 is 11.6 Å². The van der Waals surface area contributed by atoms with Crippen molar-refractivity contribution in [2.45, 2.75) is 19.4 Å². The predicted octanol–water partition coefficient (Wildman–Crippen LogP) is 2.58. The van der Waals surface area contributed by atoms with E-state index in [0.29, 0.717) is 12.0 Å². The van der Waals surface area contributed by atoms with E-state index in [1.54, 1.807) is 18.3 Å². The molecule has 2 aromatic rings. The monoisotopic (exact) mass is 332 g/mol. The first kappa shape index (κ1) is 15.8. The summed E-state index contributed by atoms with van der Waals surface area (Å²) in [5, 5.41) is 8.92. The minimum absolute atomic E-state index is 0.0488. The molecule has 0 aliphatic carbocycles. The van der Waals surface area contributed by atoms with Crippen LogP contribution in [0.2, 0.25) is 0 Å². The molecule has 1 aromatic heterocycles. The molecule has 1 aromatic carbocycles. The van der Waals surface area contributed by atoms with Gasteiger partial charge in [0.2, 0.25) is 5.91 Å². The molecular weight excluding hydrogens is 312 g/mol. The lowest BCUT2D eigenvalue weighted by Gasteiger charge is -2.24. The van der Waals surface area contributed by atoms with E-state index in [2.05, 4.69) is 22.0 Å². The second-order valence-electron chi connectivity index (χ2n) is 7.14. The van der Waals surface area contributed by atoms with Gasteiger partial charge in [0.25, 0.3) is 0 Å². The zero-order valence-electron chi connectivity index (χ0n) is 14.1. The minimum atomic E-state index is 0.0488. The van der Waals surface area contributed by atoms with Crippen LogP contribution in [0, 0.1) is 16.7 Å². The Morgan fingerprint density at radius 2 is 2.04 bits per heavy atom. The van der Waals surface area contributed by atoms with Crippen LogP contribution in [0.15, 0.2) is 48.8 Å². The maximum atomic E-state index is 12.6. The van der Waals surface area contributed by atoms with Gasteiger partial charge in [-0.15, -0.1) is 0 Å². The van der Waals surface area contributed by atoms with Crippen LogP contribution in [0.5, 0.6) is 0 Å². The fraction of sp³-hybridized carbons (Fsp3) is 0.350. The van der Waals surface area contributed by atoms with Crippen LogP contribution in [0.1, 0.15) is 24.0 Å². The van der Waals surface area contributed by atoms with Crippen LogP contribution in [-0.2, 0) is 11.3 Å². The van der Waals surface area contributed by atoms with Gasteiger partial charge in [-0.1, -0.05) is 6.07 Å². The number of carbonyl (C=O) groups excluding carboxylic acids is 1. The summed E-state index contributed by atoms with van der Waals surface area (Å²) in [6.45, 7) is 3.62. The van der Waals surface area contributed by atoms with Crippen molar-refractivity contribution < 1.29 is 4.79 Å². The summed E-state index contributed by atoms with van der Waals surface area (Å²) >= 11 is 0. The Bertz CT molecular complexity index is 812.